The Labute approximate surface area is 73.7 Å². The molecule has 0 N–H and O–H groups in total. The average Bonchev–Trinajstić information content (AvgIpc) is 0.811. The van der Waals surface area contributed by atoms with Crippen LogP contribution >= 0.6 is 0 Å². The summed E-state index contributed by atoms with van der Waals surface area (Å²) in [7, 11) is 0. The summed E-state index contributed by atoms with van der Waals surface area (Å²) in [6, 6.07) is 0. The van der Waals surface area contributed by atoms with E-state index in [1.807, 2.05) is 13.8 Å². The Bertz CT molecular complexity index is 26.6. The van der Waals surface area contributed by atoms with Crippen LogP contribution in [0.25, 0.3) is 0 Å². The quantitative estimate of drug-likeness (QED) is 0.394. The molecule has 0 atom stereocenters. The third kappa shape index (κ3) is 33.9. The topological polar surface area (TPSA) is 0 Å². The van der Waals surface area contributed by atoms with Gasteiger partial charge in [-0.2, -0.15) is 0 Å². The molecule has 0 fully saturated rings. The zero-order chi connectivity index (χ0) is 3.58. The van der Waals surface area contributed by atoms with E-state index in [9.17, 15) is 0 Å². The maximum absolute atomic E-state index is 3.56. The molecule has 0 nitrogen and oxygen atoms in total. The van der Waals surface area contributed by atoms with Crippen molar-refractivity contribution < 1.29 is 0 Å². The molecule has 0 heterocycles. The first-order chi connectivity index (χ1) is 1.73. The molecule has 1 heteroatoms. The third-order valence-electron chi connectivity index (χ3n) is 0. The van der Waals surface area contributed by atoms with Crippen LogP contribution in [0.5, 0.6) is 0 Å². The fraction of sp³-hybridized carbons (Fsp3) is 0.500. The summed E-state index contributed by atoms with van der Waals surface area (Å²) < 4.78 is 0. The van der Waals surface area contributed by atoms with Crippen molar-refractivity contribution in [3.8, 4) is 0 Å². The van der Waals surface area contributed by atoms with Crippen LogP contribution in [0.3, 0.4) is 0 Å². The van der Waals surface area contributed by atoms with E-state index in [2.05, 4.69) is 6.58 Å². The van der Waals surface area contributed by atoms with Gasteiger partial charge >= 0.3 is 48.9 Å². The molecule has 28 valence electrons. The molecular weight excluding hydrogens is 185 g/mol. The summed E-state index contributed by atoms with van der Waals surface area (Å²) in [6.45, 7) is 7.50. The Kier molecular flexibility index (Phi) is 10.2. The summed E-state index contributed by atoms with van der Waals surface area (Å²) in [6.07, 6.45) is 0. The molecule has 0 aliphatic rings. The molecule has 0 saturated carbocycles. The van der Waals surface area contributed by atoms with Crippen molar-refractivity contribution in [2.75, 3.05) is 0 Å². The van der Waals surface area contributed by atoms with Crippen LogP contribution in [-0.2, 0) is 0 Å². The first-order valence-electron chi connectivity index (χ1n) is 1.35. The van der Waals surface area contributed by atoms with Crippen molar-refractivity contribution in [3.63, 3.8) is 0 Å². The monoisotopic (exact) mass is 196 g/mol. The number of rotatable bonds is 0. The molecule has 0 aliphatic carbocycles. The Morgan fingerprint density at radius 3 is 1.40 bits per heavy atom. The summed E-state index contributed by atoms with van der Waals surface area (Å²) in [4.78, 5) is 0. The normalized spacial score (nSPS) is 5.20. The number of hydrogen-bond donors (Lipinski definition) is 0. The van der Waals surface area contributed by atoms with E-state index in [0.717, 1.165) is 0 Å². The van der Waals surface area contributed by atoms with Gasteiger partial charge in [0.05, 0.1) is 0 Å². The molecule has 0 aromatic rings. The summed E-state index contributed by atoms with van der Waals surface area (Å²) in [5.74, 6) is 0. The second-order valence-electron chi connectivity index (χ2n) is 1.21. The molecule has 0 rings (SSSR count). The maximum atomic E-state index is 3.56. The summed E-state index contributed by atoms with van der Waals surface area (Å²) >= 11 is 0. The number of hydrogen-bond acceptors (Lipinski definition) is 0. The van der Waals surface area contributed by atoms with Crippen molar-refractivity contribution in [2.24, 2.45) is 0 Å². The second kappa shape index (κ2) is 5.31. The SMILES string of the molecule is C=C(C)C.[BaH2]. The van der Waals surface area contributed by atoms with Crippen LogP contribution in [0, 0.1) is 0 Å². The first-order valence-corrected chi connectivity index (χ1v) is 1.35. The van der Waals surface area contributed by atoms with Crippen molar-refractivity contribution in [1.29, 1.82) is 0 Å². The molecule has 5 heavy (non-hydrogen) atoms. The van der Waals surface area contributed by atoms with Crippen LogP contribution in [0.4, 0.5) is 0 Å². The zero-order valence-electron chi connectivity index (χ0n) is 3.21. The molecule has 0 aromatic heterocycles. The van der Waals surface area contributed by atoms with Crippen LogP contribution in [-0.4, -0.2) is 48.9 Å². The standard InChI is InChI=1S/C4H8.Ba.2H/c1-4(2)3;;;/h1H2,2-3H3;;;. The molecular formula is C4H10Ba. The van der Waals surface area contributed by atoms with Gasteiger partial charge in [-0.15, -0.1) is 6.58 Å². The van der Waals surface area contributed by atoms with Crippen molar-refractivity contribution >= 4 is 48.9 Å². The molecule has 0 radical (unpaired) electrons. The molecule has 0 saturated heterocycles. The van der Waals surface area contributed by atoms with E-state index in [4.69, 9.17) is 0 Å². The van der Waals surface area contributed by atoms with Crippen molar-refractivity contribution in [3.05, 3.63) is 12.2 Å². The average molecular weight is 195 g/mol. The van der Waals surface area contributed by atoms with Gasteiger partial charge in [0.2, 0.25) is 0 Å². The van der Waals surface area contributed by atoms with Gasteiger partial charge in [-0.3, -0.25) is 0 Å². The summed E-state index contributed by atoms with van der Waals surface area (Å²) in [5.41, 5.74) is 1.17. The van der Waals surface area contributed by atoms with Gasteiger partial charge in [0.1, 0.15) is 0 Å². The predicted octanol–water partition coefficient (Wildman–Crippen LogP) is 0.666. The van der Waals surface area contributed by atoms with Crippen molar-refractivity contribution in [1.82, 2.24) is 0 Å². The van der Waals surface area contributed by atoms with Gasteiger partial charge in [0, 0.05) is 0 Å². The fourth-order valence-electron chi connectivity index (χ4n) is 0. The third-order valence-corrected chi connectivity index (χ3v) is 0. The Morgan fingerprint density at radius 2 is 1.40 bits per heavy atom. The van der Waals surface area contributed by atoms with E-state index in [1.54, 1.807) is 0 Å². The predicted molar refractivity (Wildman–Crippen MR) is 29.0 cm³/mol. The first kappa shape index (κ1) is 9.58. The molecule has 0 spiro atoms. The fourth-order valence-corrected chi connectivity index (χ4v) is 0. The van der Waals surface area contributed by atoms with Gasteiger partial charge in [-0.05, 0) is 13.8 Å². The van der Waals surface area contributed by atoms with Gasteiger partial charge in [-0.1, -0.05) is 5.57 Å². The van der Waals surface area contributed by atoms with Crippen LogP contribution < -0.4 is 0 Å². The zero-order valence-corrected chi connectivity index (χ0v) is 3.21. The molecule has 0 bridgehead atoms. The molecule has 0 aliphatic heterocycles. The van der Waals surface area contributed by atoms with E-state index in [-0.39, 0.29) is 48.9 Å². The molecule has 0 amide bonds. The van der Waals surface area contributed by atoms with Crippen molar-refractivity contribution in [2.45, 2.75) is 13.8 Å². The second-order valence-corrected chi connectivity index (χ2v) is 1.21. The molecule has 0 unspecified atom stereocenters. The Morgan fingerprint density at radius 1 is 1.40 bits per heavy atom. The van der Waals surface area contributed by atoms with Gasteiger partial charge < -0.3 is 0 Å². The van der Waals surface area contributed by atoms with Gasteiger partial charge in [0.15, 0.2) is 0 Å². The van der Waals surface area contributed by atoms with Gasteiger partial charge in [0.25, 0.3) is 0 Å². The molecule has 0 aromatic carbocycles. The van der Waals surface area contributed by atoms with E-state index >= 15 is 0 Å². The van der Waals surface area contributed by atoms with Crippen LogP contribution in [0.15, 0.2) is 12.2 Å². The van der Waals surface area contributed by atoms with E-state index < -0.39 is 0 Å². The number of allylic oxidation sites excluding steroid dienone is 1. The van der Waals surface area contributed by atoms with Crippen LogP contribution in [0.2, 0.25) is 0 Å². The van der Waals surface area contributed by atoms with E-state index in [1.165, 1.54) is 5.57 Å². The van der Waals surface area contributed by atoms with Gasteiger partial charge in [-0.25, -0.2) is 0 Å². The Balaban J connectivity index is 0. The Hall–Kier alpha value is 1.31. The minimum absolute atomic E-state index is 0. The van der Waals surface area contributed by atoms with Crippen LogP contribution in [0.1, 0.15) is 13.8 Å². The summed E-state index contributed by atoms with van der Waals surface area (Å²) in [5, 5.41) is 0. The minimum atomic E-state index is 0. The van der Waals surface area contributed by atoms with E-state index in [0.29, 0.717) is 0 Å².